The van der Waals surface area contributed by atoms with E-state index in [9.17, 15) is 4.79 Å². The van der Waals surface area contributed by atoms with Crippen molar-refractivity contribution >= 4 is 5.97 Å². The molecule has 0 rings (SSSR count). The molecule has 0 unspecified atom stereocenters. The average Bonchev–Trinajstić information content (AvgIpc) is 2.50. The van der Waals surface area contributed by atoms with Crippen molar-refractivity contribution in [3.63, 3.8) is 0 Å². The fourth-order valence-electron chi connectivity index (χ4n) is 2.44. The van der Waals surface area contributed by atoms with Crippen LogP contribution in [0.4, 0.5) is 0 Å². The molecule has 0 bridgehead atoms. The van der Waals surface area contributed by atoms with Gasteiger partial charge in [-0.1, -0.05) is 76.2 Å². The number of hydrogen-bond acceptors (Lipinski definition) is 1. The molecule has 0 saturated heterocycles. The van der Waals surface area contributed by atoms with Gasteiger partial charge in [-0.3, -0.25) is 4.79 Å². The van der Waals surface area contributed by atoms with Gasteiger partial charge in [-0.15, -0.1) is 0 Å². The fourth-order valence-corrected chi connectivity index (χ4v) is 2.44. The molecule has 0 heterocycles. The van der Waals surface area contributed by atoms with Crippen LogP contribution >= 0.6 is 0 Å². The van der Waals surface area contributed by atoms with Crippen LogP contribution in [0.5, 0.6) is 0 Å². The minimum Gasteiger partial charge on any atom is -0.481 e. The van der Waals surface area contributed by atoms with Gasteiger partial charge in [0.05, 0.1) is 0 Å². The lowest BCUT2D eigenvalue weighted by molar-refractivity contribution is -0.137. The van der Waals surface area contributed by atoms with Crippen molar-refractivity contribution in [2.24, 2.45) is 0 Å². The standard InChI is InChI=1S/C20H36O2/c1-2-3-4-5-6-7-8-9-10-11-12-13-14-15-16-17-18-19-20(21)22/h8-9,11-12H,2-7,10,13-19H2,1H3,(H,21,22)/b9-8-,12-11-. The lowest BCUT2D eigenvalue weighted by Crippen LogP contribution is -1.93. The van der Waals surface area contributed by atoms with Gasteiger partial charge in [0.25, 0.3) is 0 Å². The van der Waals surface area contributed by atoms with Crippen LogP contribution in [0.1, 0.15) is 96.8 Å². The van der Waals surface area contributed by atoms with E-state index in [1.54, 1.807) is 0 Å². The van der Waals surface area contributed by atoms with Gasteiger partial charge in [0.2, 0.25) is 0 Å². The molecule has 128 valence electrons. The number of hydrogen-bond donors (Lipinski definition) is 1. The molecule has 2 heteroatoms. The Morgan fingerprint density at radius 2 is 1.23 bits per heavy atom. The molecule has 0 spiro atoms. The molecule has 0 amide bonds. The van der Waals surface area contributed by atoms with E-state index >= 15 is 0 Å². The summed E-state index contributed by atoms with van der Waals surface area (Å²) >= 11 is 0. The van der Waals surface area contributed by atoms with E-state index < -0.39 is 5.97 Å². The maximum atomic E-state index is 10.3. The van der Waals surface area contributed by atoms with Crippen LogP contribution in [0.15, 0.2) is 24.3 Å². The molecule has 0 fully saturated rings. The minimum atomic E-state index is -0.669. The van der Waals surface area contributed by atoms with E-state index in [0.717, 1.165) is 25.7 Å². The minimum absolute atomic E-state index is 0.324. The van der Waals surface area contributed by atoms with Crippen molar-refractivity contribution in [1.82, 2.24) is 0 Å². The SMILES string of the molecule is CCCCCCC/C=C\C/C=C\CCCCCCCC(=O)O. The number of carbonyl (C=O) groups is 1. The van der Waals surface area contributed by atoms with Crippen molar-refractivity contribution in [3.05, 3.63) is 24.3 Å². The van der Waals surface area contributed by atoms with Crippen LogP contribution in [0, 0.1) is 0 Å². The number of aliphatic carboxylic acids is 1. The zero-order valence-corrected chi connectivity index (χ0v) is 14.6. The third-order valence-electron chi connectivity index (χ3n) is 3.84. The van der Waals surface area contributed by atoms with E-state index in [4.69, 9.17) is 5.11 Å². The summed E-state index contributed by atoms with van der Waals surface area (Å²) in [5.74, 6) is -0.669. The molecule has 0 aromatic rings. The van der Waals surface area contributed by atoms with Crippen molar-refractivity contribution in [2.75, 3.05) is 0 Å². The first-order valence-electron chi connectivity index (χ1n) is 9.29. The fraction of sp³-hybridized carbons (Fsp3) is 0.750. The quantitative estimate of drug-likeness (QED) is 0.255. The van der Waals surface area contributed by atoms with E-state index in [0.29, 0.717) is 6.42 Å². The highest BCUT2D eigenvalue weighted by molar-refractivity contribution is 5.66. The first-order chi connectivity index (χ1) is 10.8. The van der Waals surface area contributed by atoms with Gasteiger partial charge in [-0.05, 0) is 38.5 Å². The van der Waals surface area contributed by atoms with Gasteiger partial charge in [0, 0.05) is 6.42 Å². The Morgan fingerprint density at radius 1 is 0.727 bits per heavy atom. The molecule has 22 heavy (non-hydrogen) atoms. The number of carboxylic acid groups (broad SMARTS) is 1. The van der Waals surface area contributed by atoms with E-state index in [-0.39, 0.29) is 0 Å². The number of rotatable bonds is 16. The summed E-state index contributed by atoms with van der Waals surface area (Å²) in [5.41, 5.74) is 0. The Bertz CT molecular complexity index is 292. The number of carboxylic acids is 1. The van der Waals surface area contributed by atoms with Crippen LogP contribution in [0.25, 0.3) is 0 Å². The van der Waals surface area contributed by atoms with Gasteiger partial charge in [-0.25, -0.2) is 0 Å². The zero-order chi connectivity index (χ0) is 16.3. The van der Waals surface area contributed by atoms with Crippen molar-refractivity contribution in [3.8, 4) is 0 Å². The average molecular weight is 309 g/mol. The summed E-state index contributed by atoms with van der Waals surface area (Å²) in [4.78, 5) is 10.3. The van der Waals surface area contributed by atoms with E-state index in [2.05, 4.69) is 31.2 Å². The molecule has 0 aliphatic rings. The second-order valence-electron chi connectivity index (χ2n) is 6.08. The predicted molar refractivity (Wildman–Crippen MR) is 96.2 cm³/mol. The normalized spacial score (nSPS) is 11.7. The second-order valence-corrected chi connectivity index (χ2v) is 6.08. The number of allylic oxidation sites excluding steroid dienone is 4. The molecular weight excluding hydrogens is 272 g/mol. The summed E-state index contributed by atoms with van der Waals surface area (Å²) in [6.45, 7) is 2.26. The van der Waals surface area contributed by atoms with Crippen molar-refractivity contribution < 1.29 is 9.90 Å². The topological polar surface area (TPSA) is 37.3 Å². The lowest BCUT2D eigenvalue weighted by Gasteiger charge is -1.98. The van der Waals surface area contributed by atoms with Crippen LogP contribution in [-0.4, -0.2) is 11.1 Å². The third-order valence-corrected chi connectivity index (χ3v) is 3.84. The smallest absolute Gasteiger partial charge is 0.303 e. The van der Waals surface area contributed by atoms with Gasteiger partial charge in [0.15, 0.2) is 0 Å². The Balaban J connectivity index is 3.18. The Labute approximate surface area is 137 Å². The Morgan fingerprint density at radius 3 is 1.77 bits per heavy atom. The summed E-state index contributed by atoms with van der Waals surface area (Å²) < 4.78 is 0. The zero-order valence-electron chi connectivity index (χ0n) is 14.6. The Kier molecular flexibility index (Phi) is 17.1. The van der Waals surface area contributed by atoms with Crippen LogP contribution in [0.2, 0.25) is 0 Å². The van der Waals surface area contributed by atoms with Crippen LogP contribution in [-0.2, 0) is 4.79 Å². The molecular formula is C20H36O2. The highest BCUT2D eigenvalue weighted by Gasteiger charge is 1.95. The van der Waals surface area contributed by atoms with E-state index in [1.807, 2.05) is 0 Å². The third kappa shape index (κ3) is 18.9. The summed E-state index contributed by atoms with van der Waals surface area (Å²) in [6.07, 6.45) is 25.2. The monoisotopic (exact) mass is 308 g/mol. The molecule has 0 saturated carbocycles. The highest BCUT2D eigenvalue weighted by Crippen LogP contribution is 2.08. The molecule has 0 aromatic heterocycles. The molecule has 0 radical (unpaired) electrons. The van der Waals surface area contributed by atoms with Crippen LogP contribution in [0.3, 0.4) is 0 Å². The summed E-state index contributed by atoms with van der Waals surface area (Å²) in [7, 11) is 0. The Hall–Kier alpha value is -1.05. The summed E-state index contributed by atoms with van der Waals surface area (Å²) in [5, 5.41) is 8.52. The van der Waals surface area contributed by atoms with Gasteiger partial charge in [0.1, 0.15) is 0 Å². The number of unbranched alkanes of at least 4 members (excludes halogenated alkanes) is 10. The second kappa shape index (κ2) is 18.0. The van der Waals surface area contributed by atoms with Crippen molar-refractivity contribution in [2.45, 2.75) is 96.8 Å². The molecule has 0 atom stereocenters. The van der Waals surface area contributed by atoms with Crippen LogP contribution < -0.4 is 0 Å². The van der Waals surface area contributed by atoms with E-state index in [1.165, 1.54) is 57.8 Å². The summed E-state index contributed by atoms with van der Waals surface area (Å²) in [6, 6.07) is 0. The first kappa shape index (κ1) is 20.9. The highest BCUT2D eigenvalue weighted by atomic mass is 16.4. The van der Waals surface area contributed by atoms with Gasteiger partial charge < -0.3 is 5.11 Å². The maximum Gasteiger partial charge on any atom is 0.303 e. The molecule has 0 aromatic carbocycles. The molecule has 1 N–H and O–H groups in total. The lowest BCUT2D eigenvalue weighted by atomic mass is 10.1. The first-order valence-corrected chi connectivity index (χ1v) is 9.29. The van der Waals surface area contributed by atoms with Gasteiger partial charge in [-0.2, -0.15) is 0 Å². The molecule has 2 nitrogen and oxygen atoms in total. The predicted octanol–water partition coefficient (Wildman–Crippen LogP) is 6.66. The maximum absolute atomic E-state index is 10.3. The molecule has 0 aliphatic carbocycles. The largest absolute Gasteiger partial charge is 0.481 e. The van der Waals surface area contributed by atoms with Crippen molar-refractivity contribution in [1.29, 1.82) is 0 Å². The van der Waals surface area contributed by atoms with Gasteiger partial charge >= 0.3 is 5.97 Å². The molecule has 0 aliphatic heterocycles.